The number of hydrogen-bond donors (Lipinski definition) is 0. The lowest BCUT2D eigenvalue weighted by atomic mass is 10.1. The van der Waals surface area contributed by atoms with Crippen LogP contribution in [0.25, 0.3) is 6.08 Å². The maximum Gasteiger partial charge on any atom is 0.387 e. The van der Waals surface area contributed by atoms with Crippen LogP contribution >= 0.6 is 11.6 Å². The zero-order valence-electron chi connectivity index (χ0n) is 15.5. The third-order valence-corrected chi connectivity index (χ3v) is 5.01. The van der Waals surface area contributed by atoms with E-state index in [0.29, 0.717) is 48.9 Å². The van der Waals surface area contributed by atoms with E-state index in [-0.39, 0.29) is 17.5 Å². The van der Waals surface area contributed by atoms with Gasteiger partial charge in [0.2, 0.25) is 5.91 Å². The molecule has 0 saturated carbocycles. The molecule has 4 nitrogen and oxygen atoms in total. The molecule has 0 unspecified atom stereocenters. The average Bonchev–Trinajstić information content (AvgIpc) is 2.70. The van der Waals surface area contributed by atoms with Gasteiger partial charge in [0.25, 0.3) is 0 Å². The molecule has 1 heterocycles. The molecule has 0 bridgehead atoms. The lowest BCUT2D eigenvalue weighted by Crippen LogP contribution is -2.47. The van der Waals surface area contributed by atoms with Crippen LogP contribution in [0.3, 0.4) is 0 Å². The van der Waals surface area contributed by atoms with Gasteiger partial charge in [0.15, 0.2) is 0 Å². The molecule has 1 aliphatic rings. The van der Waals surface area contributed by atoms with Crippen LogP contribution in [0.4, 0.5) is 13.2 Å². The van der Waals surface area contributed by atoms with Gasteiger partial charge in [-0.3, -0.25) is 9.69 Å². The number of halogens is 4. The van der Waals surface area contributed by atoms with Crippen LogP contribution < -0.4 is 4.74 Å². The minimum absolute atomic E-state index is 0.0644. The van der Waals surface area contributed by atoms with Crippen molar-refractivity contribution in [2.45, 2.75) is 13.2 Å². The first-order valence-corrected chi connectivity index (χ1v) is 9.47. The second-order valence-electron chi connectivity index (χ2n) is 6.58. The fourth-order valence-electron chi connectivity index (χ4n) is 3.07. The Morgan fingerprint density at radius 1 is 1.10 bits per heavy atom. The van der Waals surface area contributed by atoms with Gasteiger partial charge in [-0.05, 0) is 35.9 Å². The number of amides is 1. The number of ether oxygens (including phenoxy) is 1. The van der Waals surface area contributed by atoms with Crippen molar-refractivity contribution in [1.29, 1.82) is 0 Å². The Kier molecular flexibility index (Phi) is 7.17. The predicted octanol–water partition coefficient (Wildman–Crippen LogP) is 4.44. The average molecular weight is 425 g/mol. The lowest BCUT2D eigenvalue weighted by Gasteiger charge is -2.34. The van der Waals surface area contributed by atoms with Crippen LogP contribution in [0.1, 0.15) is 11.1 Å². The summed E-state index contributed by atoms with van der Waals surface area (Å²) < 4.78 is 42.5. The highest BCUT2D eigenvalue weighted by Gasteiger charge is 2.21. The molecule has 29 heavy (non-hydrogen) atoms. The number of hydrogen-bond acceptors (Lipinski definition) is 3. The maximum absolute atomic E-state index is 13.9. The van der Waals surface area contributed by atoms with E-state index >= 15 is 0 Å². The van der Waals surface area contributed by atoms with E-state index < -0.39 is 6.61 Å². The first-order chi connectivity index (χ1) is 13.9. The van der Waals surface area contributed by atoms with Crippen molar-refractivity contribution in [3.8, 4) is 5.75 Å². The first kappa shape index (κ1) is 21.2. The summed E-state index contributed by atoms with van der Waals surface area (Å²) in [5.74, 6) is -0.403. The number of carbonyl (C=O) groups excluding carboxylic acids is 1. The number of alkyl halides is 2. The SMILES string of the molecule is O=C(C=Cc1ccc(OC(F)F)cc1)N1CCN(Cc2c(F)cccc2Cl)CC1. The van der Waals surface area contributed by atoms with Crippen LogP contribution in [0.15, 0.2) is 48.5 Å². The van der Waals surface area contributed by atoms with E-state index in [4.69, 9.17) is 11.6 Å². The van der Waals surface area contributed by atoms with E-state index in [1.165, 1.54) is 24.3 Å². The highest BCUT2D eigenvalue weighted by Crippen LogP contribution is 2.21. The molecular weight excluding hydrogens is 405 g/mol. The summed E-state index contributed by atoms with van der Waals surface area (Å²) in [6, 6.07) is 10.7. The van der Waals surface area contributed by atoms with Crippen molar-refractivity contribution in [3.63, 3.8) is 0 Å². The fourth-order valence-corrected chi connectivity index (χ4v) is 3.29. The maximum atomic E-state index is 13.9. The minimum atomic E-state index is -2.87. The summed E-state index contributed by atoms with van der Waals surface area (Å²) in [5, 5.41) is 0.399. The minimum Gasteiger partial charge on any atom is -0.435 e. The second kappa shape index (κ2) is 9.80. The van der Waals surface area contributed by atoms with Crippen LogP contribution in [-0.2, 0) is 11.3 Å². The summed E-state index contributed by atoms with van der Waals surface area (Å²) >= 11 is 6.08. The number of nitrogens with zero attached hydrogens (tertiary/aromatic N) is 2. The smallest absolute Gasteiger partial charge is 0.387 e. The summed E-state index contributed by atoms with van der Waals surface area (Å²) in [7, 11) is 0. The van der Waals surface area contributed by atoms with Gasteiger partial charge in [0.05, 0.1) is 0 Å². The largest absolute Gasteiger partial charge is 0.435 e. The summed E-state index contributed by atoms with van der Waals surface area (Å²) in [4.78, 5) is 16.1. The second-order valence-corrected chi connectivity index (χ2v) is 6.99. The van der Waals surface area contributed by atoms with E-state index in [1.807, 2.05) is 0 Å². The van der Waals surface area contributed by atoms with Crippen molar-refractivity contribution in [1.82, 2.24) is 9.80 Å². The number of benzene rings is 2. The number of piperazine rings is 1. The van der Waals surface area contributed by atoms with E-state index in [2.05, 4.69) is 9.64 Å². The Labute approximate surface area is 172 Å². The summed E-state index contributed by atoms with van der Waals surface area (Å²) in [6.07, 6.45) is 3.08. The van der Waals surface area contributed by atoms with Gasteiger partial charge in [0, 0.05) is 49.4 Å². The lowest BCUT2D eigenvalue weighted by molar-refractivity contribution is -0.127. The van der Waals surface area contributed by atoms with Crippen LogP contribution in [0, 0.1) is 5.82 Å². The molecule has 2 aromatic rings. The van der Waals surface area contributed by atoms with E-state index in [0.717, 1.165) is 0 Å². The van der Waals surface area contributed by atoms with Gasteiger partial charge in [-0.2, -0.15) is 8.78 Å². The Hall–Kier alpha value is -2.51. The van der Waals surface area contributed by atoms with Crippen LogP contribution in [0.5, 0.6) is 5.75 Å². The molecule has 0 aliphatic carbocycles. The molecule has 154 valence electrons. The topological polar surface area (TPSA) is 32.8 Å². The Balaban J connectivity index is 1.50. The monoisotopic (exact) mass is 424 g/mol. The van der Waals surface area contributed by atoms with E-state index in [1.54, 1.807) is 35.2 Å². The number of rotatable bonds is 6. The van der Waals surface area contributed by atoms with Gasteiger partial charge in [-0.25, -0.2) is 4.39 Å². The van der Waals surface area contributed by atoms with Crippen molar-refractivity contribution in [2.75, 3.05) is 26.2 Å². The number of carbonyl (C=O) groups is 1. The van der Waals surface area contributed by atoms with Gasteiger partial charge in [-0.15, -0.1) is 0 Å². The molecule has 0 spiro atoms. The molecule has 1 aliphatic heterocycles. The molecule has 1 fully saturated rings. The normalized spacial score (nSPS) is 15.3. The molecule has 2 aromatic carbocycles. The van der Waals surface area contributed by atoms with Gasteiger partial charge >= 0.3 is 6.61 Å². The zero-order valence-corrected chi connectivity index (χ0v) is 16.3. The Bertz CT molecular complexity index is 846. The summed E-state index contributed by atoms with van der Waals surface area (Å²) in [5.41, 5.74) is 1.17. The zero-order chi connectivity index (χ0) is 20.8. The van der Waals surface area contributed by atoms with Crippen LogP contribution in [0.2, 0.25) is 5.02 Å². The highest BCUT2D eigenvalue weighted by molar-refractivity contribution is 6.31. The molecule has 0 aromatic heterocycles. The third-order valence-electron chi connectivity index (χ3n) is 4.65. The Morgan fingerprint density at radius 3 is 2.41 bits per heavy atom. The first-order valence-electron chi connectivity index (χ1n) is 9.09. The summed E-state index contributed by atoms with van der Waals surface area (Å²) in [6.45, 7) is -0.192. The molecule has 0 N–H and O–H groups in total. The van der Waals surface area contributed by atoms with Gasteiger partial charge in [0.1, 0.15) is 11.6 Å². The molecule has 1 saturated heterocycles. The van der Waals surface area contributed by atoms with Crippen molar-refractivity contribution in [2.24, 2.45) is 0 Å². The standard InChI is InChI=1S/C21H20ClF3N2O2/c22-18-2-1-3-19(23)17(18)14-26-10-12-27(13-11-26)20(28)9-6-15-4-7-16(8-5-15)29-21(24)25/h1-9,21H,10-14H2. The molecule has 8 heteroatoms. The van der Waals surface area contributed by atoms with Crippen molar-refractivity contribution < 1.29 is 22.7 Å². The molecule has 0 radical (unpaired) electrons. The molecular formula is C21H20ClF3N2O2. The quantitative estimate of drug-likeness (QED) is 0.643. The van der Waals surface area contributed by atoms with Gasteiger partial charge in [-0.1, -0.05) is 29.8 Å². The predicted molar refractivity (Wildman–Crippen MR) is 105 cm³/mol. The molecule has 3 rings (SSSR count). The third kappa shape index (κ3) is 5.98. The molecule has 0 atom stereocenters. The molecule has 1 amide bonds. The van der Waals surface area contributed by atoms with Crippen molar-refractivity contribution in [3.05, 3.63) is 70.5 Å². The Morgan fingerprint density at radius 2 is 1.79 bits per heavy atom. The highest BCUT2D eigenvalue weighted by atomic mass is 35.5. The van der Waals surface area contributed by atoms with Crippen LogP contribution in [-0.4, -0.2) is 48.5 Å². The fraction of sp³-hybridized carbons (Fsp3) is 0.286. The van der Waals surface area contributed by atoms with E-state index in [9.17, 15) is 18.0 Å². The van der Waals surface area contributed by atoms with Crippen molar-refractivity contribution >= 4 is 23.6 Å². The van der Waals surface area contributed by atoms with Gasteiger partial charge < -0.3 is 9.64 Å².